The van der Waals surface area contributed by atoms with Crippen LogP contribution >= 0.6 is 0 Å². The maximum Gasteiger partial charge on any atom is 0.336 e. The molecule has 152 valence electrons. The van der Waals surface area contributed by atoms with E-state index in [1.165, 1.54) is 38.2 Å². The van der Waals surface area contributed by atoms with Crippen molar-refractivity contribution in [3.63, 3.8) is 0 Å². The average Bonchev–Trinajstić information content (AvgIpc) is 2.60. The van der Waals surface area contributed by atoms with Gasteiger partial charge in [0.1, 0.15) is 0 Å². The van der Waals surface area contributed by atoms with E-state index >= 15 is 0 Å². The highest BCUT2D eigenvalue weighted by molar-refractivity contribution is 6.03. The molecule has 0 saturated carbocycles. The lowest BCUT2D eigenvalue weighted by atomic mass is 9.90. The molecule has 0 aliphatic rings. The number of carbonyl (C=O) groups is 2. The second-order valence-electron chi connectivity index (χ2n) is 7.89. The number of hydrogen-bond donors (Lipinski definition) is 2. The maximum absolute atomic E-state index is 11.7. The summed E-state index contributed by atoms with van der Waals surface area (Å²) in [6, 6.07) is 3.24. The van der Waals surface area contributed by atoms with Gasteiger partial charge in [0.25, 0.3) is 0 Å². The minimum atomic E-state index is -1.17. The normalized spacial score (nSPS) is 11.1. The molecule has 0 aromatic heterocycles. The quantitative estimate of drug-likeness (QED) is 0.371. The van der Waals surface area contributed by atoms with Crippen molar-refractivity contribution in [2.45, 2.75) is 91.4 Å². The Morgan fingerprint density at radius 1 is 0.852 bits per heavy atom. The van der Waals surface area contributed by atoms with E-state index < -0.39 is 11.9 Å². The molecule has 4 heteroatoms. The Kier molecular flexibility index (Phi) is 10.8. The summed E-state index contributed by atoms with van der Waals surface area (Å²) in [7, 11) is 0. The minimum absolute atomic E-state index is 0.0119. The molecule has 0 radical (unpaired) electrons. The minimum Gasteiger partial charge on any atom is -0.478 e. The Labute approximate surface area is 164 Å². The third-order valence-electron chi connectivity index (χ3n) is 5.08. The van der Waals surface area contributed by atoms with Gasteiger partial charge in [0.15, 0.2) is 0 Å². The first-order chi connectivity index (χ1) is 12.9. The molecule has 1 aromatic carbocycles. The fourth-order valence-electron chi connectivity index (χ4n) is 3.64. The van der Waals surface area contributed by atoms with Gasteiger partial charge in [0.05, 0.1) is 11.1 Å². The van der Waals surface area contributed by atoms with Crippen molar-refractivity contribution < 1.29 is 19.8 Å². The van der Waals surface area contributed by atoms with E-state index in [4.69, 9.17) is 0 Å². The summed E-state index contributed by atoms with van der Waals surface area (Å²) in [6.07, 6.45) is 11.9. The molecule has 0 unspecified atom stereocenters. The molecule has 1 rings (SSSR count). The van der Waals surface area contributed by atoms with E-state index in [0.717, 1.165) is 49.1 Å². The van der Waals surface area contributed by atoms with E-state index in [1.54, 1.807) is 6.07 Å². The van der Waals surface area contributed by atoms with Crippen LogP contribution in [-0.4, -0.2) is 22.2 Å². The predicted molar refractivity (Wildman–Crippen MR) is 110 cm³/mol. The SMILES string of the molecule is CCCc1ccc(C(=O)O)c(C(=O)O)c1CCCCCCCCCC(C)C. The number of rotatable bonds is 14. The highest BCUT2D eigenvalue weighted by atomic mass is 16.4. The fourth-order valence-corrected chi connectivity index (χ4v) is 3.64. The van der Waals surface area contributed by atoms with Crippen LogP contribution in [0.2, 0.25) is 0 Å². The Morgan fingerprint density at radius 2 is 1.44 bits per heavy atom. The monoisotopic (exact) mass is 376 g/mol. The van der Waals surface area contributed by atoms with Crippen molar-refractivity contribution in [2.75, 3.05) is 0 Å². The summed E-state index contributed by atoms with van der Waals surface area (Å²) in [5.74, 6) is -1.52. The zero-order valence-electron chi connectivity index (χ0n) is 17.2. The van der Waals surface area contributed by atoms with Crippen molar-refractivity contribution in [3.8, 4) is 0 Å². The van der Waals surface area contributed by atoms with Crippen LogP contribution in [-0.2, 0) is 12.8 Å². The van der Waals surface area contributed by atoms with Gasteiger partial charge < -0.3 is 10.2 Å². The maximum atomic E-state index is 11.7. The van der Waals surface area contributed by atoms with Crippen molar-refractivity contribution in [1.82, 2.24) is 0 Å². The summed E-state index contributed by atoms with van der Waals surface area (Å²) >= 11 is 0. The molecule has 0 aliphatic heterocycles. The third-order valence-corrected chi connectivity index (χ3v) is 5.08. The van der Waals surface area contributed by atoms with Gasteiger partial charge in [0.2, 0.25) is 0 Å². The fraction of sp³-hybridized carbons (Fsp3) is 0.652. The molecule has 2 N–H and O–H groups in total. The summed E-state index contributed by atoms with van der Waals surface area (Å²) in [4.78, 5) is 23.2. The Morgan fingerprint density at radius 3 is 1.96 bits per heavy atom. The predicted octanol–water partition coefficient (Wildman–Crippen LogP) is 6.35. The second kappa shape index (κ2) is 12.5. The lowest BCUT2D eigenvalue weighted by Gasteiger charge is -2.15. The van der Waals surface area contributed by atoms with Crippen LogP contribution in [0.5, 0.6) is 0 Å². The number of hydrogen-bond acceptors (Lipinski definition) is 2. The van der Waals surface area contributed by atoms with Gasteiger partial charge in [-0.05, 0) is 42.4 Å². The Balaban J connectivity index is 2.61. The van der Waals surface area contributed by atoms with Crippen molar-refractivity contribution in [2.24, 2.45) is 5.92 Å². The smallest absolute Gasteiger partial charge is 0.336 e. The zero-order chi connectivity index (χ0) is 20.2. The molecule has 0 amide bonds. The van der Waals surface area contributed by atoms with Crippen LogP contribution in [0.4, 0.5) is 0 Å². The number of aryl methyl sites for hydroxylation is 1. The van der Waals surface area contributed by atoms with Crippen LogP contribution in [0.25, 0.3) is 0 Å². The van der Waals surface area contributed by atoms with Gasteiger partial charge in [-0.2, -0.15) is 0 Å². The van der Waals surface area contributed by atoms with Crippen molar-refractivity contribution >= 4 is 11.9 Å². The van der Waals surface area contributed by atoms with E-state index in [9.17, 15) is 19.8 Å². The molecular weight excluding hydrogens is 340 g/mol. The first-order valence-corrected chi connectivity index (χ1v) is 10.5. The number of carboxylic acids is 2. The molecule has 27 heavy (non-hydrogen) atoms. The molecule has 4 nitrogen and oxygen atoms in total. The van der Waals surface area contributed by atoms with Crippen LogP contribution in [0.1, 0.15) is 110 Å². The largest absolute Gasteiger partial charge is 0.478 e. The van der Waals surface area contributed by atoms with Crippen LogP contribution < -0.4 is 0 Å². The van der Waals surface area contributed by atoms with E-state index in [0.29, 0.717) is 6.42 Å². The topological polar surface area (TPSA) is 74.6 Å². The third kappa shape index (κ3) is 8.15. The summed E-state index contributed by atoms with van der Waals surface area (Å²) in [6.45, 7) is 6.57. The summed E-state index contributed by atoms with van der Waals surface area (Å²) in [5, 5.41) is 18.9. The molecule has 0 spiro atoms. The summed E-state index contributed by atoms with van der Waals surface area (Å²) in [5.41, 5.74) is 1.60. The Bertz CT molecular complexity index is 605. The molecule has 0 saturated heterocycles. The van der Waals surface area contributed by atoms with Gasteiger partial charge in [-0.15, -0.1) is 0 Å². The average molecular weight is 377 g/mol. The number of benzene rings is 1. The van der Waals surface area contributed by atoms with Gasteiger partial charge >= 0.3 is 11.9 Å². The molecule has 1 aromatic rings. The Hall–Kier alpha value is -1.84. The molecule has 0 atom stereocenters. The number of carboxylic acid groups (broad SMARTS) is 2. The van der Waals surface area contributed by atoms with Gasteiger partial charge in [-0.3, -0.25) is 0 Å². The molecule has 0 bridgehead atoms. The van der Waals surface area contributed by atoms with Gasteiger partial charge in [0, 0.05) is 0 Å². The van der Waals surface area contributed by atoms with Gasteiger partial charge in [-0.1, -0.05) is 78.2 Å². The van der Waals surface area contributed by atoms with Crippen LogP contribution in [0, 0.1) is 5.92 Å². The number of aromatic carboxylic acids is 2. The lowest BCUT2D eigenvalue weighted by Crippen LogP contribution is -2.14. The zero-order valence-corrected chi connectivity index (χ0v) is 17.2. The first kappa shape index (κ1) is 23.2. The van der Waals surface area contributed by atoms with Gasteiger partial charge in [-0.25, -0.2) is 9.59 Å². The first-order valence-electron chi connectivity index (χ1n) is 10.5. The highest BCUT2D eigenvalue weighted by Gasteiger charge is 2.22. The summed E-state index contributed by atoms with van der Waals surface area (Å²) < 4.78 is 0. The van der Waals surface area contributed by atoms with Crippen molar-refractivity contribution in [3.05, 3.63) is 34.4 Å². The van der Waals surface area contributed by atoms with E-state index in [1.807, 2.05) is 0 Å². The molecular formula is C23H36O4. The highest BCUT2D eigenvalue weighted by Crippen LogP contribution is 2.24. The van der Waals surface area contributed by atoms with E-state index in [-0.39, 0.29) is 11.1 Å². The standard InChI is InChI=1S/C23H36O4/c1-4-12-18-15-16-20(22(24)25)21(23(26)27)19(18)14-11-9-7-5-6-8-10-13-17(2)3/h15-17H,4-14H2,1-3H3,(H,24,25)(H,26,27). The lowest BCUT2D eigenvalue weighted by molar-refractivity contribution is 0.0650. The van der Waals surface area contributed by atoms with Crippen LogP contribution in [0.3, 0.4) is 0 Å². The molecule has 0 aliphatic carbocycles. The van der Waals surface area contributed by atoms with Crippen molar-refractivity contribution in [1.29, 1.82) is 0 Å². The van der Waals surface area contributed by atoms with Crippen LogP contribution in [0.15, 0.2) is 12.1 Å². The van der Waals surface area contributed by atoms with E-state index in [2.05, 4.69) is 20.8 Å². The molecule has 0 fully saturated rings. The molecule has 0 heterocycles. The number of unbranched alkanes of at least 4 members (excludes halogenated alkanes) is 6. The second-order valence-corrected chi connectivity index (χ2v) is 7.89.